The van der Waals surface area contributed by atoms with Gasteiger partial charge < -0.3 is 10.3 Å². The second-order valence-electron chi connectivity index (χ2n) is 7.33. The van der Waals surface area contributed by atoms with Crippen molar-refractivity contribution in [3.63, 3.8) is 0 Å². The molecule has 2 N–H and O–H groups in total. The van der Waals surface area contributed by atoms with Crippen LogP contribution in [0.4, 0.5) is 0 Å². The first-order valence-corrected chi connectivity index (χ1v) is 11.7. The van der Waals surface area contributed by atoms with Gasteiger partial charge in [0.05, 0.1) is 27.7 Å². The van der Waals surface area contributed by atoms with Gasteiger partial charge in [-0.25, -0.2) is 13.4 Å². The number of amides is 1. The fraction of sp³-hybridized carbons (Fsp3) is 0.167. The molecule has 6 nitrogen and oxygen atoms in total. The molecule has 0 saturated carbocycles. The summed E-state index contributed by atoms with van der Waals surface area (Å²) < 4.78 is 25.0. The maximum absolute atomic E-state index is 12.7. The van der Waals surface area contributed by atoms with Crippen molar-refractivity contribution in [3.05, 3.63) is 96.3 Å². The summed E-state index contributed by atoms with van der Waals surface area (Å²) in [6.07, 6.45) is 0.417. The molecular weight excluding hydrogens is 410 g/mol. The Kier molecular flexibility index (Phi) is 6.13. The number of sulfone groups is 1. The van der Waals surface area contributed by atoms with E-state index in [-0.39, 0.29) is 23.0 Å². The first kappa shape index (κ1) is 20.8. The third-order valence-electron chi connectivity index (χ3n) is 5.06. The van der Waals surface area contributed by atoms with E-state index in [1.807, 2.05) is 54.6 Å². The molecule has 4 rings (SSSR count). The van der Waals surface area contributed by atoms with E-state index in [0.29, 0.717) is 12.2 Å². The van der Waals surface area contributed by atoms with Gasteiger partial charge in [-0.3, -0.25) is 4.79 Å². The number of carbonyl (C=O) groups is 1. The summed E-state index contributed by atoms with van der Waals surface area (Å²) in [5.41, 5.74) is 2.75. The predicted molar refractivity (Wildman–Crippen MR) is 120 cm³/mol. The molecule has 0 unspecified atom stereocenters. The minimum Gasteiger partial charge on any atom is -0.346 e. The van der Waals surface area contributed by atoms with Crippen molar-refractivity contribution in [1.82, 2.24) is 15.3 Å². The summed E-state index contributed by atoms with van der Waals surface area (Å²) in [6.45, 7) is 0. The van der Waals surface area contributed by atoms with Crippen LogP contribution in [0.25, 0.3) is 11.0 Å². The number of imidazole rings is 1. The van der Waals surface area contributed by atoms with E-state index in [9.17, 15) is 13.2 Å². The second kappa shape index (κ2) is 9.14. The molecule has 0 aliphatic rings. The standard InChI is InChI=1S/C24H23N3O3S/c28-23(15-16-31(29,30)19-11-5-2-6-12-19)25-22(17-18-9-3-1-4-10-18)24-26-20-13-7-8-14-21(20)27-24/h1-14,22H,15-17H2,(H,25,28)(H,26,27)/t22-/m1/s1. The van der Waals surface area contributed by atoms with Crippen LogP contribution < -0.4 is 5.32 Å². The molecule has 0 bridgehead atoms. The van der Waals surface area contributed by atoms with Crippen LogP contribution in [-0.4, -0.2) is 30.0 Å². The van der Waals surface area contributed by atoms with Gasteiger partial charge in [0, 0.05) is 6.42 Å². The van der Waals surface area contributed by atoms with E-state index in [2.05, 4.69) is 15.3 Å². The maximum atomic E-state index is 12.7. The summed E-state index contributed by atoms with van der Waals surface area (Å²) >= 11 is 0. The SMILES string of the molecule is O=C(CCS(=O)(=O)c1ccccc1)N[C@H](Cc1ccccc1)c1nc2ccccc2[nH]1. The third kappa shape index (κ3) is 5.19. The molecule has 0 spiro atoms. The summed E-state index contributed by atoms with van der Waals surface area (Å²) in [6, 6.07) is 25.2. The number of hydrogen-bond donors (Lipinski definition) is 2. The quantitative estimate of drug-likeness (QED) is 0.442. The predicted octanol–water partition coefficient (Wildman–Crippen LogP) is 3.83. The molecule has 3 aromatic carbocycles. The van der Waals surface area contributed by atoms with E-state index in [0.717, 1.165) is 16.6 Å². The van der Waals surface area contributed by atoms with Crippen molar-refractivity contribution in [2.45, 2.75) is 23.8 Å². The van der Waals surface area contributed by atoms with Gasteiger partial charge in [-0.2, -0.15) is 0 Å². The molecule has 158 valence electrons. The number of para-hydroxylation sites is 2. The first-order valence-electron chi connectivity index (χ1n) is 10.1. The molecule has 1 amide bonds. The van der Waals surface area contributed by atoms with Crippen LogP contribution in [0.15, 0.2) is 89.8 Å². The van der Waals surface area contributed by atoms with Crippen molar-refractivity contribution in [3.8, 4) is 0 Å². The molecule has 4 aromatic rings. The molecule has 0 aliphatic carbocycles. The lowest BCUT2D eigenvalue weighted by atomic mass is 10.1. The van der Waals surface area contributed by atoms with Crippen LogP contribution in [0.1, 0.15) is 23.9 Å². The first-order chi connectivity index (χ1) is 15.0. The van der Waals surface area contributed by atoms with Crippen LogP contribution in [0.2, 0.25) is 0 Å². The average molecular weight is 434 g/mol. The number of aromatic amines is 1. The summed E-state index contributed by atoms with van der Waals surface area (Å²) in [5.74, 6) is 0.0614. The van der Waals surface area contributed by atoms with E-state index >= 15 is 0 Å². The molecule has 0 aliphatic heterocycles. The lowest BCUT2D eigenvalue weighted by Gasteiger charge is -2.17. The molecular formula is C24H23N3O3S. The number of benzene rings is 3. The van der Waals surface area contributed by atoms with E-state index < -0.39 is 15.9 Å². The zero-order valence-corrected chi connectivity index (χ0v) is 17.7. The van der Waals surface area contributed by atoms with Crippen LogP contribution in [0.3, 0.4) is 0 Å². The topological polar surface area (TPSA) is 91.9 Å². The molecule has 1 aromatic heterocycles. The van der Waals surface area contributed by atoms with E-state index in [1.54, 1.807) is 30.3 Å². The number of hydrogen-bond acceptors (Lipinski definition) is 4. The van der Waals surface area contributed by atoms with Crippen molar-refractivity contribution >= 4 is 26.8 Å². The summed E-state index contributed by atoms with van der Waals surface area (Å²) in [5, 5.41) is 2.97. The molecule has 7 heteroatoms. The van der Waals surface area contributed by atoms with Crippen LogP contribution in [-0.2, 0) is 21.1 Å². The highest BCUT2D eigenvalue weighted by Gasteiger charge is 2.21. The Morgan fingerprint density at radius 3 is 2.26 bits per heavy atom. The zero-order valence-electron chi connectivity index (χ0n) is 16.9. The molecule has 0 saturated heterocycles. The third-order valence-corrected chi connectivity index (χ3v) is 6.79. The van der Waals surface area contributed by atoms with Crippen molar-refractivity contribution in [1.29, 1.82) is 0 Å². The van der Waals surface area contributed by atoms with Crippen LogP contribution in [0.5, 0.6) is 0 Å². The van der Waals surface area contributed by atoms with Crippen LogP contribution >= 0.6 is 0 Å². The fourth-order valence-corrected chi connectivity index (χ4v) is 4.70. The van der Waals surface area contributed by atoms with Gasteiger partial charge in [-0.1, -0.05) is 60.7 Å². The van der Waals surface area contributed by atoms with Gasteiger partial charge >= 0.3 is 0 Å². The molecule has 1 heterocycles. The largest absolute Gasteiger partial charge is 0.346 e. The molecule has 1 atom stereocenters. The van der Waals surface area contributed by atoms with Crippen molar-refractivity contribution in [2.24, 2.45) is 0 Å². The zero-order chi connectivity index (χ0) is 21.7. The Bertz CT molecular complexity index is 1240. The summed E-state index contributed by atoms with van der Waals surface area (Å²) in [4.78, 5) is 20.8. The van der Waals surface area contributed by atoms with Gasteiger partial charge in [-0.05, 0) is 36.2 Å². The van der Waals surface area contributed by atoms with Gasteiger partial charge in [0.2, 0.25) is 5.91 Å². The monoisotopic (exact) mass is 433 g/mol. The molecule has 31 heavy (non-hydrogen) atoms. The van der Waals surface area contributed by atoms with Gasteiger partial charge in [-0.15, -0.1) is 0 Å². The average Bonchev–Trinajstić information content (AvgIpc) is 3.23. The van der Waals surface area contributed by atoms with Gasteiger partial charge in [0.15, 0.2) is 9.84 Å². The second-order valence-corrected chi connectivity index (χ2v) is 9.44. The van der Waals surface area contributed by atoms with Crippen molar-refractivity contribution in [2.75, 3.05) is 5.75 Å². The number of fused-ring (bicyclic) bond motifs is 1. The minimum atomic E-state index is -3.52. The van der Waals surface area contributed by atoms with Crippen molar-refractivity contribution < 1.29 is 13.2 Å². The normalized spacial score (nSPS) is 12.5. The minimum absolute atomic E-state index is 0.122. The Hall–Kier alpha value is -3.45. The Morgan fingerprint density at radius 1 is 0.903 bits per heavy atom. The van der Waals surface area contributed by atoms with Gasteiger partial charge in [0.1, 0.15) is 5.82 Å². The van der Waals surface area contributed by atoms with Gasteiger partial charge in [0.25, 0.3) is 0 Å². The smallest absolute Gasteiger partial charge is 0.221 e. The number of nitrogens with zero attached hydrogens (tertiary/aromatic N) is 1. The van der Waals surface area contributed by atoms with Crippen LogP contribution in [0, 0.1) is 0 Å². The van der Waals surface area contributed by atoms with E-state index in [4.69, 9.17) is 0 Å². The number of rotatable bonds is 8. The number of H-pyrrole nitrogens is 1. The Labute approximate surface area is 181 Å². The summed E-state index contributed by atoms with van der Waals surface area (Å²) in [7, 11) is -3.52. The number of nitrogens with one attached hydrogen (secondary N) is 2. The highest BCUT2D eigenvalue weighted by Crippen LogP contribution is 2.20. The van der Waals surface area contributed by atoms with E-state index in [1.165, 1.54) is 0 Å². The number of aromatic nitrogens is 2. The lowest BCUT2D eigenvalue weighted by molar-refractivity contribution is -0.121. The highest BCUT2D eigenvalue weighted by molar-refractivity contribution is 7.91. The maximum Gasteiger partial charge on any atom is 0.221 e. The molecule has 0 fully saturated rings. The highest BCUT2D eigenvalue weighted by atomic mass is 32.2. The lowest BCUT2D eigenvalue weighted by Crippen LogP contribution is -2.32. The number of carbonyl (C=O) groups excluding carboxylic acids is 1. The Morgan fingerprint density at radius 2 is 1.55 bits per heavy atom. The molecule has 0 radical (unpaired) electrons. The fourth-order valence-electron chi connectivity index (χ4n) is 3.44. The Balaban J connectivity index is 1.50.